The molecule has 2 atom stereocenters. The highest BCUT2D eigenvalue weighted by atomic mass is 16.4. The second-order valence-corrected chi connectivity index (χ2v) is 7.25. The summed E-state index contributed by atoms with van der Waals surface area (Å²) in [6.45, 7) is 12.2. The molecule has 0 radical (unpaired) electrons. The molecule has 1 aliphatic rings. The average molecular weight is 298 g/mol. The second kappa shape index (κ2) is 8.14. The van der Waals surface area contributed by atoms with Crippen LogP contribution in [0.1, 0.15) is 66.7 Å². The average Bonchev–Trinajstić information content (AvgIpc) is 2.89. The molecule has 1 rings (SSSR count). The van der Waals surface area contributed by atoms with Crippen molar-refractivity contribution >= 4 is 5.97 Å². The molecule has 0 aromatic carbocycles. The third-order valence-electron chi connectivity index (χ3n) is 4.68. The van der Waals surface area contributed by atoms with Crippen LogP contribution in [0.3, 0.4) is 0 Å². The summed E-state index contributed by atoms with van der Waals surface area (Å²) in [4.78, 5) is 14.2. The van der Waals surface area contributed by atoms with Crippen molar-refractivity contribution < 1.29 is 9.90 Å². The van der Waals surface area contributed by atoms with Gasteiger partial charge in [-0.05, 0) is 45.6 Å². The van der Waals surface area contributed by atoms with E-state index in [4.69, 9.17) is 0 Å². The minimum Gasteiger partial charge on any atom is -0.480 e. The van der Waals surface area contributed by atoms with Crippen molar-refractivity contribution in [2.24, 2.45) is 5.92 Å². The molecule has 2 N–H and O–H groups in total. The Labute approximate surface area is 130 Å². The third-order valence-corrected chi connectivity index (χ3v) is 4.68. The minimum atomic E-state index is -0.831. The lowest BCUT2D eigenvalue weighted by Gasteiger charge is -2.39. The zero-order valence-electron chi connectivity index (χ0n) is 14.5. The van der Waals surface area contributed by atoms with E-state index in [1.54, 1.807) is 0 Å². The van der Waals surface area contributed by atoms with Crippen LogP contribution in [-0.4, -0.2) is 46.7 Å². The van der Waals surface area contributed by atoms with E-state index in [1.807, 2.05) is 13.8 Å². The van der Waals surface area contributed by atoms with E-state index >= 15 is 0 Å². The lowest BCUT2D eigenvalue weighted by molar-refractivity contribution is -0.145. The van der Waals surface area contributed by atoms with Gasteiger partial charge in [0.25, 0.3) is 0 Å². The number of aliphatic carboxylic acids is 1. The summed E-state index contributed by atoms with van der Waals surface area (Å²) in [6, 6.07) is 0.928. The predicted molar refractivity (Wildman–Crippen MR) is 87.6 cm³/mol. The molecule has 1 fully saturated rings. The van der Waals surface area contributed by atoms with Gasteiger partial charge in [-0.15, -0.1) is 0 Å². The standard InChI is InChI=1S/C17H34N2O2/c1-6-18-17(5,16(20)21)11-14(4)19(12-13(2)3)15-9-7-8-10-15/h13-15,18H,6-12H2,1-5H3,(H,20,21). The van der Waals surface area contributed by atoms with E-state index in [9.17, 15) is 9.90 Å². The molecule has 1 saturated carbocycles. The van der Waals surface area contributed by atoms with Gasteiger partial charge in [0.15, 0.2) is 0 Å². The number of hydrogen-bond acceptors (Lipinski definition) is 3. The van der Waals surface area contributed by atoms with Crippen LogP contribution >= 0.6 is 0 Å². The van der Waals surface area contributed by atoms with Gasteiger partial charge in [-0.3, -0.25) is 9.69 Å². The van der Waals surface area contributed by atoms with Crippen LogP contribution in [0, 0.1) is 5.92 Å². The van der Waals surface area contributed by atoms with Crippen LogP contribution in [-0.2, 0) is 4.79 Å². The maximum Gasteiger partial charge on any atom is 0.323 e. The van der Waals surface area contributed by atoms with Gasteiger partial charge in [0.1, 0.15) is 5.54 Å². The molecule has 0 amide bonds. The lowest BCUT2D eigenvalue weighted by Crippen LogP contribution is -2.55. The van der Waals surface area contributed by atoms with Crippen molar-refractivity contribution in [3.8, 4) is 0 Å². The molecule has 0 aromatic heterocycles. The van der Waals surface area contributed by atoms with Gasteiger partial charge in [-0.1, -0.05) is 33.6 Å². The van der Waals surface area contributed by atoms with Crippen molar-refractivity contribution in [2.75, 3.05) is 13.1 Å². The summed E-state index contributed by atoms with van der Waals surface area (Å²) in [6.07, 6.45) is 5.81. The molecule has 1 aliphatic carbocycles. The Hall–Kier alpha value is -0.610. The molecule has 4 heteroatoms. The van der Waals surface area contributed by atoms with E-state index in [0.29, 0.717) is 24.9 Å². The Balaban J connectivity index is 2.78. The smallest absolute Gasteiger partial charge is 0.323 e. The zero-order valence-corrected chi connectivity index (χ0v) is 14.5. The Kier molecular flexibility index (Phi) is 7.14. The highest BCUT2D eigenvalue weighted by molar-refractivity contribution is 5.78. The first-order chi connectivity index (χ1) is 9.80. The predicted octanol–water partition coefficient (Wildman–Crippen LogP) is 3.12. The first-order valence-corrected chi connectivity index (χ1v) is 8.54. The summed E-state index contributed by atoms with van der Waals surface area (Å²) >= 11 is 0. The molecule has 0 aromatic rings. The Morgan fingerprint density at radius 2 is 1.90 bits per heavy atom. The number of rotatable bonds is 9. The van der Waals surface area contributed by atoms with Crippen LogP contribution in [0.4, 0.5) is 0 Å². The molecule has 0 saturated heterocycles. The van der Waals surface area contributed by atoms with Crippen molar-refractivity contribution in [1.29, 1.82) is 0 Å². The molecule has 21 heavy (non-hydrogen) atoms. The van der Waals surface area contributed by atoms with Crippen molar-refractivity contribution in [3.05, 3.63) is 0 Å². The summed E-state index contributed by atoms with van der Waals surface area (Å²) in [5.74, 6) is -0.129. The highest BCUT2D eigenvalue weighted by Gasteiger charge is 2.37. The fourth-order valence-electron chi connectivity index (χ4n) is 3.68. The number of likely N-dealkylation sites (N-methyl/N-ethyl adjacent to an activating group) is 1. The van der Waals surface area contributed by atoms with E-state index in [0.717, 1.165) is 6.54 Å². The number of carboxylic acids is 1. The van der Waals surface area contributed by atoms with Gasteiger partial charge < -0.3 is 10.4 Å². The lowest BCUT2D eigenvalue weighted by atomic mass is 9.91. The SMILES string of the molecule is CCNC(C)(CC(C)N(CC(C)C)C1CCCC1)C(=O)O. The molecule has 4 nitrogen and oxygen atoms in total. The first-order valence-electron chi connectivity index (χ1n) is 8.54. The van der Waals surface area contributed by atoms with Gasteiger partial charge >= 0.3 is 5.97 Å². The highest BCUT2D eigenvalue weighted by Crippen LogP contribution is 2.28. The third kappa shape index (κ3) is 5.26. The fraction of sp³-hybridized carbons (Fsp3) is 0.941. The molecule has 0 aliphatic heterocycles. The molecule has 0 bridgehead atoms. The first kappa shape index (κ1) is 18.4. The maximum atomic E-state index is 11.6. The van der Waals surface area contributed by atoms with Gasteiger partial charge in [-0.2, -0.15) is 0 Å². The van der Waals surface area contributed by atoms with Crippen molar-refractivity contribution in [2.45, 2.75) is 84.3 Å². The van der Waals surface area contributed by atoms with E-state index in [-0.39, 0.29) is 6.04 Å². The number of carboxylic acid groups (broad SMARTS) is 1. The Morgan fingerprint density at radius 1 is 1.33 bits per heavy atom. The maximum absolute atomic E-state index is 11.6. The van der Waals surface area contributed by atoms with Gasteiger partial charge in [0.2, 0.25) is 0 Å². The van der Waals surface area contributed by atoms with Crippen LogP contribution in [0.5, 0.6) is 0 Å². The normalized spacial score (nSPS) is 20.9. The van der Waals surface area contributed by atoms with Gasteiger partial charge in [0.05, 0.1) is 0 Å². The zero-order chi connectivity index (χ0) is 16.0. The molecule has 2 unspecified atom stereocenters. The number of nitrogens with zero attached hydrogens (tertiary/aromatic N) is 1. The minimum absolute atomic E-state index is 0.288. The van der Waals surface area contributed by atoms with E-state index < -0.39 is 11.5 Å². The quantitative estimate of drug-likeness (QED) is 0.687. The summed E-state index contributed by atoms with van der Waals surface area (Å²) < 4.78 is 0. The fourth-order valence-corrected chi connectivity index (χ4v) is 3.68. The van der Waals surface area contributed by atoms with Crippen LogP contribution < -0.4 is 5.32 Å². The molecular weight excluding hydrogens is 264 g/mol. The van der Waals surface area contributed by atoms with Crippen molar-refractivity contribution in [3.63, 3.8) is 0 Å². The van der Waals surface area contributed by atoms with Gasteiger partial charge in [-0.25, -0.2) is 0 Å². The largest absolute Gasteiger partial charge is 0.480 e. The summed E-state index contributed by atoms with van der Waals surface area (Å²) in [5.41, 5.74) is -0.831. The summed E-state index contributed by atoms with van der Waals surface area (Å²) in [7, 11) is 0. The van der Waals surface area contributed by atoms with Crippen LogP contribution in [0.2, 0.25) is 0 Å². The number of hydrogen-bond donors (Lipinski definition) is 2. The van der Waals surface area contributed by atoms with E-state index in [1.165, 1.54) is 25.7 Å². The molecule has 124 valence electrons. The number of carbonyl (C=O) groups is 1. The van der Waals surface area contributed by atoms with Gasteiger partial charge in [0, 0.05) is 18.6 Å². The van der Waals surface area contributed by atoms with E-state index in [2.05, 4.69) is 31.0 Å². The molecule has 0 heterocycles. The van der Waals surface area contributed by atoms with Crippen molar-refractivity contribution in [1.82, 2.24) is 10.2 Å². The van der Waals surface area contributed by atoms with Crippen LogP contribution in [0.25, 0.3) is 0 Å². The van der Waals surface area contributed by atoms with Crippen LogP contribution in [0.15, 0.2) is 0 Å². The molecular formula is C17H34N2O2. The molecule has 0 spiro atoms. The second-order valence-electron chi connectivity index (χ2n) is 7.25. The Bertz CT molecular complexity index is 327. The Morgan fingerprint density at radius 3 is 2.33 bits per heavy atom. The topological polar surface area (TPSA) is 52.6 Å². The number of nitrogens with one attached hydrogen (secondary N) is 1. The monoisotopic (exact) mass is 298 g/mol. The summed E-state index contributed by atoms with van der Waals surface area (Å²) in [5, 5.41) is 12.7.